The van der Waals surface area contributed by atoms with Gasteiger partial charge < -0.3 is 4.85 Å². The smallest absolute Gasteiger partial charge is 0.312 e. The number of alkyl halides is 3. The van der Waals surface area contributed by atoms with Crippen LogP contribution in [-0.2, 0) is 12.7 Å². The van der Waals surface area contributed by atoms with Crippen LogP contribution in [0.2, 0.25) is 5.02 Å². The lowest BCUT2D eigenvalue weighted by Crippen LogP contribution is -2.05. The Morgan fingerprint density at radius 2 is 2.00 bits per heavy atom. The van der Waals surface area contributed by atoms with Gasteiger partial charge in [-0.05, 0) is 18.2 Å². The molecule has 0 saturated heterocycles. The first kappa shape index (κ1) is 10.9. The minimum Gasteiger partial charge on any atom is -0.312 e. The first-order valence-corrected chi connectivity index (χ1v) is 4.02. The molecule has 0 unspecified atom stereocenters. The molecule has 0 radical (unpaired) electrons. The summed E-state index contributed by atoms with van der Waals surface area (Å²) < 4.78 is 36.7. The van der Waals surface area contributed by atoms with E-state index in [2.05, 4.69) is 4.85 Å². The Hall–Kier alpha value is -1.21. The molecular weight excluding hydrogens is 215 g/mol. The van der Waals surface area contributed by atoms with Gasteiger partial charge in [0.1, 0.15) is 0 Å². The lowest BCUT2D eigenvalue weighted by atomic mass is 10.1. The van der Waals surface area contributed by atoms with Crippen LogP contribution in [0.3, 0.4) is 0 Å². The van der Waals surface area contributed by atoms with Crippen molar-refractivity contribution < 1.29 is 13.2 Å². The highest BCUT2D eigenvalue weighted by atomic mass is 35.5. The van der Waals surface area contributed by atoms with E-state index in [1.165, 1.54) is 0 Å². The van der Waals surface area contributed by atoms with Crippen molar-refractivity contribution in [3.8, 4) is 0 Å². The molecule has 0 heterocycles. The molecule has 14 heavy (non-hydrogen) atoms. The fraction of sp³-hybridized carbons (Fsp3) is 0.222. The Bertz CT molecular complexity index is 379. The molecule has 0 fully saturated rings. The van der Waals surface area contributed by atoms with Crippen molar-refractivity contribution in [3.05, 3.63) is 45.8 Å². The second kappa shape index (κ2) is 3.89. The second-order valence-electron chi connectivity index (χ2n) is 2.62. The van der Waals surface area contributed by atoms with Crippen molar-refractivity contribution in [1.82, 2.24) is 0 Å². The van der Waals surface area contributed by atoms with Crippen molar-refractivity contribution >= 4 is 11.6 Å². The van der Waals surface area contributed by atoms with Gasteiger partial charge in [-0.15, -0.1) is 0 Å². The minimum absolute atomic E-state index is 0.136. The summed E-state index contributed by atoms with van der Waals surface area (Å²) >= 11 is 5.61. The van der Waals surface area contributed by atoms with E-state index in [1.807, 2.05) is 0 Å². The maximum Gasteiger partial charge on any atom is 0.416 e. The molecule has 1 aromatic rings. The van der Waals surface area contributed by atoms with Gasteiger partial charge in [0.2, 0.25) is 6.54 Å². The van der Waals surface area contributed by atoms with Crippen LogP contribution in [0.5, 0.6) is 0 Å². The number of hydrogen-bond donors (Lipinski definition) is 0. The third-order valence-electron chi connectivity index (χ3n) is 1.62. The van der Waals surface area contributed by atoms with Gasteiger partial charge in [-0.3, -0.25) is 0 Å². The Morgan fingerprint density at radius 3 is 2.50 bits per heavy atom. The first-order valence-electron chi connectivity index (χ1n) is 3.64. The Balaban J connectivity index is 3.14. The van der Waals surface area contributed by atoms with Crippen molar-refractivity contribution in [1.29, 1.82) is 0 Å². The summed E-state index contributed by atoms with van der Waals surface area (Å²) in [6, 6.07) is 2.96. The van der Waals surface area contributed by atoms with Crippen molar-refractivity contribution in [2.75, 3.05) is 0 Å². The van der Waals surface area contributed by atoms with Crippen LogP contribution in [-0.4, -0.2) is 0 Å². The maximum absolute atomic E-state index is 12.2. The molecule has 0 aromatic heterocycles. The summed E-state index contributed by atoms with van der Waals surface area (Å²) in [5.41, 5.74) is -0.572. The van der Waals surface area contributed by atoms with E-state index in [0.29, 0.717) is 0 Å². The first-order chi connectivity index (χ1) is 6.45. The standard InChI is InChI=1S/C9H5ClF3N/c1-14-5-6-4-7(9(11,12)13)2-3-8(6)10/h2-4H,5H2. The molecule has 1 nitrogen and oxygen atoms in total. The number of benzene rings is 1. The highest BCUT2D eigenvalue weighted by molar-refractivity contribution is 6.31. The molecule has 0 bridgehead atoms. The fourth-order valence-corrected chi connectivity index (χ4v) is 1.13. The molecule has 0 spiro atoms. The summed E-state index contributed by atoms with van der Waals surface area (Å²) in [6.45, 7) is 6.41. The number of hydrogen-bond acceptors (Lipinski definition) is 0. The van der Waals surface area contributed by atoms with Crippen molar-refractivity contribution in [2.45, 2.75) is 12.7 Å². The molecule has 0 aliphatic carbocycles. The Labute approximate surface area is 83.9 Å². The zero-order valence-electron chi connectivity index (χ0n) is 6.90. The topological polar surface area (TPSA) is 4.36 Å². The van der Waals surface area contributed by atoms with Gasteiger partial charge in [0.15, 0.2) is 0 Å². The van der Waals surface area contributed by atoms with Crippen LogP contribution in [0.15, 0.2) is 18.2 Å². The number of rotatable bonds is 1. The van der Waals surface area contributed by atoms with Gasteiger partial charge in [0.25, 0.3) is 0 Å². The van der Waals surface area contributed by atoms with Crippen LogP contribution in [0.4, 0.5) is 13.2 Å². The molecule has 1 aromatic carbocycles. The summed E-state index contributed by atoms with van der Waals surface area (Å²) in [6.07, 6.45) is -4.39. The van der Waals surface area contributed by atoms with Gasteiger partial charge in [0.05, 0.1) is 10.6 Å². The molecule has 0 aliphatic rings. The SMILES string of the molecule is [C-]#[N+]Cc1cc(C(F)(F)F)ccc1Cl. The summed E-state index contributed by atoms with van der Waals surface area (Å²) in [7, 11) is 0. The predicted molar refractivity (Wildman–Crippen MR) is 46.8 cm³/mol. The van der Waals surface area contributed by atoms with E-state index in [1.54, 1.807) is 0 Å². The van der Waals surface area contributed by atoms with Gasteiger partial charge in [-0.2, -0.15) is 13.2 Å². The molecule has 0 saturated carbocycles. The van der Waals surface area contributed by atoms with Crippen molar-refractivity contribution in [2.24, 2.45) is 0 Å². The van der Waals surface area contributed by atoms with E-state index in [0.717, 1.165) is 18.2 Å². The van der Waals surface area contributed by atoms with E-state index in [9.17, 15) is 13.2 Å². The minimum atomic E-state index is -4.39. The van der Waals surface area contributed by atoms with Gasteiger partial charge in [0, 0.05) is 5.56 Å². The third-order valence-corrected chi connectivity index (χ3v) is 1.99. The average Bonchev–Trinajstić information content (AvgIpc) is 2.07. The normalized spacial score (nSPS) is 11.1. The highest BCUT2D eigenvalue weighted by Crippen LogP contribution is 2.31. The summed E-state index contributed by atoms with van der Waals surface area (Å²) in [5, 5.41) is 0.189. The van der Waals surface area contributed by atoms with Crippen LogP contribution in [0.1, 0.15) is 11.1 Å². The monoisotopic (exact) mass is 219 g/mol. The highest BCUT2D eigenvalue weighted by Gasteiger charge is 2.31. The molecule has 0 atom stereocenters. The van der Waals surface area contributed by atoms with Crippen LogP contribution in [0.25, 0.3) is 4.85 Å². The molecule has 0 aliphatic heterocycles. The zero-order valence-corrected chi connectivity index (χ0v) is 7.65. The van der Waals surface area contributed by atoms with E-state index in [-0.39, 0.29) is 17.1 Å². The van der Waals surface area contributed by atoms with Gasteiger partial charge in [-0.25, -0.2) is 6.57 Å². The van der Waals surface area contributed by atoms with Crippen LogP contribution in [0, 0.1) is 6.57 Å². The van der Waals surface area contributed by atoms with E-state index in [4.69, 9.17) is 18.2 Å². The largest absolute Gasteiger partial charge is 0.416 e. The van der Waals surface area contributed by atoms with Crippen LogP contribution < -0.4 is 0 Å². The molecule has 5 heteroatoms. The lowest BCUT2D eigenvalue weighted by Gasteiger charge is -2.07. The third kappa shape index (κ3) is 2.39. The van der Waals surface area contributed by atoms with E-state index < -0.39 is 11.7 Å². The second-order valence-corrected chi connectivity index (χ2v) is 3.03. The average molecular weight is 220 g/mol. The van der Waals surface area contributed by atoms with Gasteiger partial charge in [-0.1, -0.05) is 11.6 Å². The maximum atomic E-state index is 12.2. The fourth-order valence-electron chi connectivity index (χ4n) is 0.957. The Morgan fingerprint density at radius 1 is 1.36 bits per heavy atom. The zero-order chi connectivity index (χ0) is 10.8. The lowest BCUT2D eigenvalue weighted by molar-refractivity contribution is -0.137. The molecule has 1 rings (SSSR count). The number of halogens is 4. The van der Waals surface area contributed by atoms with Crippen molar-refractivity contribution in [3.63, 3.8) is 0 Å². The Kier molecular flexibility index (Phi) is 3.02. The molecule has 0 N–H and O–H groups in total. The number of nitrogens with zero attached hydrogens (tertiary/aromatic N) is 1. The van der Waals surface area contributed by atoms with Crippen LogP contribution >= 0.6 is 11.6 Å². The summed E-state index contributed by atoms with van der Waals surface area (Å²) in [5.74, 6) is 0. The molecular formula is C9H5ClF3N. The van der Waals surface area contributed by atoms with E-state index >= 15 is 0 Å². The molecule has 74 valence electrons. The van der Waals surface area contributed by atoms with Gasteiger partial charge >= 0.3 is 6.18 Å². The predicted octanol–water partition coefficient (Wildman–Crippen LogP) is 3.78. The summed E-state index contributed by atoms with van der Waals surface area (Å²) in [4.78, 5) is 2.99. The molecule has 0 amide bonds. The quantitative estimate of drug-likeness (QED) is 0.633.